The van der Waals surface area contributed by atoms with E-state index in [9.17, 15) is 38.4 Å². The van der Waals surface area contributed by atoms with Gasteiger partial charge in [0.1, 0.15) is 25.3 Å². The first-order chi connectivity index (χ1) is 39.5. The number of anilines is 3. The van der Waals surface area contributed by atoms with Crippen LogP contribution in [0, 0.1) is 0 Å². The second kappa shape index (κ2) is 25.2. The normalized spacial score (nSPS) is 16.3. The quantitative estimate of drug-likeness (QED) is 0.0306. The van der Waals surface area contributed by atoms with Gasteiger partial charge in [-0.15, -0.1) is 0 Å². The average Bonchev–Trinajstić information content (AvgIpc) is 4.33. The lowest BCUT2D eigenvalue weighted by molar-refractivity contribution is -0.137. The number of hydrogen-bond donors (Lipinski definition) is 4. The van der Waals surface area contributed by atoms with Gasteiger partial charge in [-0.1, -0.05) is 36.4 Å². The summed E-state index contributed by atoms with van der Waals surface area (Å²) in [7, 11) is 2.94. The van der Waals surface area contributed by atoms with Crippen molar-refractivity contribution in [1.29, 1.82) is 0 Å². The summed E-state index contributed by atoms with van der Waals surface area (Å²) in [5, 5.41) is 10.8. The van der Waals surface area contributed by atoms with Gasteiger partial charge < -0.3 is 45.1 Å². The summed E-state index contributed by atoms with van der Waals surface area (Å²) >= 11 is 0. The van der Waals surface area contributed by atoms with Crippen LogP contribution < -0.4 is 50.0 Å². The Morgan fingerprint density at radius 1 is 0.720 bits per heavy atom. The van der Waals surface area contributed by atoms with E-state index >= 15 is 0 Å². The van der Waals surface area contributed by atoms with Crippen LogP contribution in [0.1, 0.15) is 89.4 Å². The van der Waals surface area contributed by atoms with E-state index in [-0.39, 0.29) is 91.7 Å². The molecule has 0 saturated heterocycles. The number of nitrogens with one attached hydrogen (secondary N) is 4. The molecule has 0 bridgehead atoms. The molecule has 0 spiro atoms. The molecule has 424 valence electrons. The van der Waals surface area contributed by atoms with Crippen LogP contribution in [-0.4, -0.2) is 117 Å². The van der Waals surface area contributed by atoms with Crippen LogP contribution in [0.25, 0.3) is 0 Å². The van der Waals surface area contributed by atoms with E-state index in [1.54, 1.807) is 52.4 Å². The van der Waals surface area contributed by atoms with E-state index in [1.807, 2.05) is 61.5 Å². The van der Waals surface area contributed by atoms with Gasteiger partial charge in [0.05, 0.1) is 42.8 Å². The van der Waals surface area contributed by atoms with Crippen LogP contribution in [-0.2, 0) is 54.8 Å². The number of carbonyl (C=O) groups excluding carboxylic acids is 8. The summed E-state index contributed by atoms with van der Waals surface area (Å²) in [4.78, 5) is 117. The van der Waals surface area contributed by atoms with Gasteiger partial charge in [0, 0.05) is 86.0 Å². The number of rotatable bonds is 23. The lowest BCUT2D eigenvalue weighted by Gasteiger charge is -2.24. The number of aliphatic imine (C=N–C) groups is 2. The van der Waals surface area contributed by atoms with Crippen LogP contribution in [0.2, 0.25) is 0 Å². The van der Waals surface area contributed by atoms with Crippen LogP contribution >= 0.6 is 0 Å². The molecule has 5 aromatic carbocycles. The highest BCUT2D eigenvalue weighted by Crippen LogP contribution is 2.42. The summed E-state index contributed by atoms with van der Waals surface area (Å²) in [6.45, 7) is 8.74. The summed E-state index contributed by atoms with van der Waals surface area (Å²) in [6, 6.07) is 24.7. The van der Waals surface area contributed by atoms with E-state index in [1.165, 1.54) is 40.2 Å². The molecule has 0 radical (unpaired) electrons. The van der Waals surface area contributed by atoms with E-state index < -0.39 is 41.6 Å². The van der Waals surface area contributed by atoms with Crippen molar-refractivity contribution >= 4 is 88.6 Å². The van der Waals surface area contributed by atoms with Crippen molar-refractivity contribution in [3.63, 3.8) is 0 Å². The van der Waals surface area contributed by atoms with E-state index in [0.717, 1.165) is 27.4 Å². The number of nitrogens with zero attached hydrogens (tertiary/aromatic N) is 5. The van der Waals surface area contributed by atoms with Gasteiger partial charge in [-0.2, -0.15) is 0 Å². The molecule has 0 unspecified atom stereocenters. The van der Waals surface area contributed by atoms with Gasteiger partial charge in [0.15, 0.2) is 23.0 Å². The standard InChI is InChI=1S/C61H63N9O12/c1-35-23-40-13-7-9-15-48(40)69(35)60(77)44-28-50(79-5)52(30-46(44)62-4)81-33-38-24-39(34-82-53-31-47-45(29-51(53)80-6)61(78)70-43(32-64-47)27-41-14-8-10-16-49(41)70)26-42(25-38)67-59(76)37(3)66-58(75)36(2)65-55(72)18-12-11-17-54(71)63-21-22-68-56(73)19-20-57(68)74/h7-10,13-16,19-20,24-26,28-32,35-37,43H,4,11-12,17-18,21-23,27,33-34H2,1-3,5-6H3,(H,63,71)(H,65,72)(H,66,75)(H,67,76)/t35-,36+,37+,43+/m1/s1. The topological polar surface area (TPSA) is 256 Å². The summed E-state index contributed by atoms with van der Waals surface area (Å²) in [5.41, 5.74) is 6.55. The maximum absolute atomic E-state index is 14.2. The number of unbranched alkanes of at least 4 members (excludes halogenated alkanes) is 1. The molecule has 21 heteroatoms. The monoisotopic (exact) mass is 1110 g/mol. The third-order valence-corrected chi connectivity index (χ3v) is 14.5. The average molecular weight is 1110 g/mol. The van der Waals surface area contributed by atoms with Gasteiger partial charge in [-0.25, -0.2) is 0 Å². The fourth-order valence-electron chi connectivity index (χ4n) is 10.3. The lowest BCUT2D eigenvalue weighted by atomic mass is 10.1. The fraction of sp³-hybridized carbons (Fsp3) is 0.311. The minimum absolute atomic E-state index is 0.0363. The van der Waals surface area contributed by atoms with Gasteiger partial charge in [-0.3, -0.25) is 58.1 Å². The maximum Gasteiger partial charge on any atom is 0.261 e. The highest BCUT2D eigenvalue weighted by Gasteiger charge is 2.37. The van der Waals surface area contributed by atoms with Crippen molar-refractivity contribution in [1.82, 2.24) is 20.9 Å². The Bertz CT molecular complexity index is 3430. The van der Waals surface area contributed by atoms with Crippen LogP contribution in [0.3, 0.4) is 0 Å². The number of methoxy groups -OCH3 is 2. The molecule has 4 aliphatic heterocycles. The van der Waals surface area contributed by atoms with E-state index in [4.69, 9.17) is 23.9 Å². The third kappa shape index (κ3) is 12.7. The van der Waals surface area contributed by atoms with Crippen molar-refractivity contribution in [2.24, 2.45) is 9.98 Å². The Morgan fingerprint density at radius 3 is 2.00 bits per heavy atom. The highest BCUT2D eigenvalue weighted by molar-refractivity contribution is 6.15. The molecule has 82 heavy (non-hydrogen) atoms. The molecule has 9 rings (SSSR count). The van der Waals surface area contributed by atoms with Gasteiger partial charge in [0.25, 0.3) is 23.6 Å². The molecule has 4 heterocycles. The zero-order valence-electron chi connectivity index (χ0n) is 46.1. The predicted molar refractivity (Wildman–Crippen MR) is 307 cm³/mol. The zero-order valence-corrected chi connectivity index (χ0v) is 46.1. The first-order valence-corrected chi connectivity index (χ1v) is 26.9. The molecule has 0 aliphatic carbocycles. The second-order valence-electron chi connectivity index (χ2n) is 20.3. The number of para-hydroxylation sites is 2. The second-order valence-corrected chi connectivity index (χ2v) is 20.3. The molecule has 4 atom stereocenters. The molecule has 0 fully saturated rings. The Labute approximate surface area is 473 Å². The Hall–Kier alpha value is -9.66. The highest BCUT2D eigenvalue weighted by atomic mass is 16.5. The van der Waals surface area contributed by atoms with Crippen LogP contribution in [0.4, 0.5) is 28.4 Å². The molecule has 0 saturated carbocycles. The predicted octanol–water partition coefficient (Wildman–Crippen LogP) is 6.62. The van der Waals surface area contributed by atoms with Crippen LogP contribution in [0.5, 0.6) is 23.0 Å². The summed E-state index contributed by atoms with van der Waals surface area (Å²) in [6.07, 6.45) is 6.32. The number of hydrogen-bond acceptors (Lipinski definition) is 14. The van der Waals surface area contributed by atoms with Crippen molar-refractivity contribution in [3.05, 3.63) is 137 Å². The van der Waals surface area contributed by atoms with Crippen molar-refractivity contribution in [2.75, 3.05) is 42.4 Å². The van der Waals surface area contributed by atoms with Crippen molar-refractivity contribution in [3.8, 4) is 23.0 Å². The molecule has 8 amide bonds. The molecule has 5 aromatic rings. The largest absolute Gasteiger partial charge is 0.493 e. The number of amides is 8. The first-order valence-electron chi connectivity index (χ1n) is 26.9. The number of ether oxygens (including phenoxy) is 4. The molecular formula is C61H63N9O12. The van der Waals surface area contributed by atoms with E-state index in [2.05, 4.69) is 33.0 Å². The lowest BCUT2D eigenvalue weighted by Crippen LogP contribution is -2.50. The van der Waals surface area contributed by atoms with E-state index in [0.29, 0.717) is 65.2 Å². The smallest absolute Gasteiger partial charge is 0.261 e. The Kier molecular flexibility index (Phi) is 17.5. The number of benzene rings is 5. The van der Waals surface area contributed by atoms with Crippen LogP contribution in [0.15, 0.2) is 113 Å². The van der Waals surface area contributed by atoms with Gasteiger partial charge in [-0.05, 0) is 111 Å². The minimum Gasteiger partial charge on any atom is -0.493 e. The first kappa shape index (κ1) is 57.0. The molecule has 0 aromatic heterocycles. The maximum atomic E-state index is 14.2. The summed E-state index contributed by atoms with van der Waals surface area (Å²) < 4.78 is 24.3. The Balaban J connectivity index is 0.870. The number of fused-ring (bicyclic) bond motifs is 5. The molecule has 4 aliphatic rings. The number of imide groups is 1. The summed E-state index contributed by atoms with van der Waals surface area (Å²) in [5.74, 6) is -2.14. The zero-order chi connectivity index (χ0) is 58.2. The molecule has 4 N–H and O–H groups in total. The van der Waals surface area contributed by atoms with Gasteiger partial charge >= 0.3 is 0 Å². The Morgan fingerprint density at radius 2 is 1.33 bits per heavy atom. The number of carbonyl (C=O) groups is 8. The fourth-order valence-corrected chi connectivity index (χ4v) is 10.3. The van der Waals surface area contributed by atoms with Crippen molar-refractivity contribution in [2.45, 2.75) is 96.7 Å². The third-order valence-electron chi connectivity index (χ3n) is 14.5. The molecule has 21 nitrogen and oxygen atoms in total. The SMILES string of the molecule is C=Nc1cc(OCc2cc(COc3cc4c(cc3OC)C(=O)N3c5ccccc5C[C@H]3C=N4)cc(NC(=O)[C@H](C)NC(=O)[C@H](C)NC(=O)CCCCC(=O)NCCN3C(=O)C=CC3=O)c2)c(OC)cc1C(=O)N1c2ccccc2C[C@H]1C. The van der Waals surface area contributed by atoms with Gasteiger partial charge in [0.2, 0.25) is 23.6 Å². The van der Waals surface area contributed by atoms with Crippen molar-refractivity contribution < 1.29 is 57.3 Å². The molecular weight excluding hydrogens is 1050 g/mol. The minimum atomic E-state index is -1.08.